The summed E-state index contributed by atoms with van der Waals surface area (Å²) in [6.45, 7) is 3.17. The predicted molar refractivity (Wildman–Crippen MR) is 72.1 cm³/mol. The Balaban J connectivity index is 2.69. The average molecular weight is 286 g/mol. The highest BCUT2D eigenvalue weighted by molar-refractivity contribution is 7.91. The molecule has 2 N–H and O–H groups in total. The number of nitrogens with zero attached hydrogens (tertiary/aromatic N) is 1. The van der Waals surface area contributed by atoms with Gasteiger partial charge in [0.25, 0.3) is 0 Å². The first-order valence-electron chi connectivity index (χ1n) is 5.24. The second-order valence-corrected chi connectivity index (χ2v) is 8.04. The molecule has 2 rings (SSSR count). The van der Waals surface area contributed by atoms with E-state index in [1.54, 1.807) is 13.8 Å². The van der Waals surface area contributed by atoms with E-state index in [0.29, 0.717) is 5.56 Å². The van der Waals surface area contributed by atoms with Crippen LogP contribution in [0.1, 0.15) is 19.6 Å². The molecule has 0 unspecified atom stereocenters. The Morgan fingerprint density at radius 2 is 2.11 bits per heavy atom. The summed E-state index contributed by atoms with van der Waals surface area (Å²) in [5.41, 5.74) is 6.35. The molecule has 2 heterocycles. The van der Waals surface area contributed by atoms with Gasteiger partial charge in [0.05, 0.1) is 5.56 Å². The van der Waals surface area contributed by atoms with E-state index >= 15 is 0 Å². The normalized spacial score (nSPS) is 12.8. The van der Waals surface area contributed by atoms with Crippen LogP contribution in [0.5, 0.6) is 0 Å². The van der Waals surface area contributed by atoms with Crippen molar-refractivity contribution in [2.75, 3.05) is 12.0 Å². The molecule has 2 aromatic heterocycles. The molecule has 0 atom stereocenters. The van der Waals surface area contributed by atoms with Gasteiger partial charge in [-0.25, -0.2) is 8.42 Å². The van der Waals surface area contributed by atoms with Crippen LogP contribution in [-0.4, -0.2) is 19.8 Å². The van der Waals surface area contributed by atoms with Crippen LogP contribution in [0.2, 0.25) is 0 Å². The number of hydrogen-bond donors (Lipinski definition) is 1. The summed E-state index contributed by atoms with van der Waals surface area (Å²) in [6, 6.07) is 3.72. The van der Waals surface area contributed by atoms with Gasteiger partial charge in [-0.15, -0.1) is 11.3 Å². The molecule has 0 bridgehead atoms. The molecule has 0 saturated heterocycles. The van der Waals surface area contributed by atoms with Crippen LogP contribution >= 0.6 is 11.3 Å². The lowest BCUT2D eigenvalue weighted by Gasteiger charge is -2.20. The molecule has 5 nitrogen and oxygen atoms in total. The number of thiophene rings is 1. The summed E-state index contributed by atoms with van der Waals surface area (Å²) in [5, 5.41) is 5.59. The molecule has 0 aliphatic heterocycles. The molecule has 18 heavy (non-hydrogen) atoms. The van der Waals surface area contributed by atoms with Crippen molar-refractivity contribution in [1.82, 2.24) is 5.16 Å². The van der Waals surface area contributed by atoms with Crippen molar-refractivity contribution in [2.45, 2.75) is 18.6 Å². The van der Waals surface area contributed by atoms with Crippen LogP contribution in [0.25, 0.3) is 10.4 Å². The van der Waals surface area contributed by atoms with E-state index in [1.165, 1.54) is 17.6 Å². The van der Waals surface area contributed by atoms with E-state index < -0.39 is 14.6 Å². The minimum atomic E-state index is -3.34. The Hall–Kier alpha value is -1.34. The minimum absolute atomic E-state index is 0.212. The van der Waals surface area contributed by atoms with Crippen LogP contribution in [0.3, 0.4) is 0 Å². The molecule has 0 saturated carbocycles. The number of rotatable bonds is 3. The fourth-order valence-corrected chi connectivity index (χ4v) is 2.79. The highest BCUT2D eigenvalue weighted by Gasteiger charge is 2.40. The minimum Gasteiger partial charge on any atom is -0.380 e. The first kappa shape index (κ1) is 13.1. The molecule has 0 fully saturated rings. The highest BCUT2D eigenvalue weighted by atomic mass is 32.2. The molecular weight excluding hydrogens is 272 g/mol. The first-order valence-corrected chi connectivity index (χ1v) is 8.01. The van der Waals surface area contributed by atoms with Gasteiger partial charge in [-0.3, -0.25) is 0 Å². The van der Waals surface area contributed by atoms with Gasteiger partial charge in [0.2, 0.25) is 0 Å². The van der Waals surface area contributed by atoms with Crippen molar-refractivity contribution in [3.63, 3.8) is 0 Å². The van der Waals surface area contributed by atoms with Gasteiger partial charge in [-0.2, -0.15) is 0 Å². The van der Waals surface area contributed by atoms with Gasteiger partial charge in [-0.05, 0) is 25.3 Å². The zero-order chi connectivity index (χ0) is 13.6. The highest BCUT2D eigenvalue weighted by Crippen LogP contribution is 2.41. The lowest BCUT2D eigenvalue weighted by molar-refractivity contribution is 0.357. The van der Waals surface area contributed by atoms with Gasteiger partial charge < -0.3 is 10.3 Å². The van der Waals surface area contributed by atoms with Gasteiger partial charge in [-0.1, -0.05) is 11.2 Å². The fourth-order valence-electron chi connectivity index (χ4n) is 1.54. The second-order valence-electron chi connectivity index (χ2n) is 4.53. The van der Waals surface area contributed by atoms with Crippen LogP contribution in [0, 0.1) is 0 Å². The Labute approximate surface area is 110 Å². The van der Waals surface area contributed by atoms with E-state index in [4.69, 9.17) is 10.3 Å². The Morgan fingerprint density at radius 1 is 1.44 bits per heavy atom. The standard InChI is InChI=1S/C11H14N2O3S2/c1-11(2,18(3,14)15)9-8(10(12)13-16-9)7-5-4-6-17-7/h4-6H,1-3H3,(H2,12,13). The average Bonchev–Trinajstić information content (AvgIpc) is 2.83. The van der Waals surface area contributed by atoms with Crippen LogP contribution in [0.4, 0.5) is 5.82 Å². The van der Waals surface area contributed by atoms with Gasteiger partial charge >= 0.3 is 0 Å². The Morgan fingerprint density at radius 3 is 2.61 bits per heavy atom. The Kier molecular flexibility index (Phi) is 2.98. The monoisotopic (exact) mass is 286 g/mol. The second kappa shape index (κ2) is 4.10. The zero-order valence-electron chi connectivity index (χ0n) is 10.3. The van der Waals surface area contributed by atoms with Crippen molar-refractivity contribution < 1.29 is 12.9 Å². The lowest BCUT2D eigenvalue weighted by atomic mass is 10.0. The lowest BCUT2D eigenvalue weighted by Crippen LogP contribution is -2.28. The van der Waals surface area contributed by atoms with Gasteiger partial charge in [0, 0.05) is 11.1 Å². The summed E-state index contributed by atoms with van der Waals surface area (Å²) in [4.78, 5) is 0.848. The number of nitrogens with two attached hydrogens (primary N) is 1. The summed E-state index contributed by atoms with van der Waals surface area (Å²) >= 11 is 1.46. The van der Waals surface area contributed by atoms with Crippen molar-refractivity contribution in [3.8, 4) is 10.4 Å². The number of aromatic nitrogens is 1. The smallest absolute Gasteiger partial charge is 0.175 e. The molecule has 98 valence electrons. The third-order valence-electron chi connectivity index (χ3n) is 2.96. The fraction of sp³-hybridized carbons (Fsp3) is 0.364. The molecule has 0 radical (unpaired) electrons. The van der Waals surface area contributed by atoms with E-state index in [0.717, 1.165) is 4.88 Å². The van der Waals surface area contributed by atoms with E-state index in [2.05, 4.69) is 5.16 Å². The van der Waals surface area contributed by atoms with Gasteiger partial charge in [0.1, 0.15) is 4.75 Å². The number of sulfone groups is 1. The summed E-state index contributed by atoms with van der Waals surface area (Å²) < 4.78 is 27.7. The molecule has 0 amide bonds. The zero-order valence-corrected chi connectivity index (χ0v) is 11.9. The van der Waals surface area contributed by atoms with Crippen LogP contribution < -0.4 is 5.73 Å². The van der Waals surface area contributed by atoms with Crippen molar-refractivity contribution in [1.29, 1.82) is 0 Å². The van der Waals surface area contributed by atoms with E-state index in [9.17, 15) is 8.42 Å². The largest absolute Gasteiger partial charge is 0.380 e. The van der Waals surface area contributed by atoms with E-state index in [-0.39, 0.29) is 11.6 Å². The molecular formula is C11H14N2O3S2. The first-order chi connectivity index (χ1) is 8.25. The third-order valence-corrected chi connectivity index (χ3v) is 5.89. The van der Waals surface area contributed by atoms with E-state index in [1.807, 2.05) is 17.5 Å². The van der Waals surface area contributed by atoms with Gasteiger partial charge in [0.15, 0.2) is 21.4 Å². The van der Waals surface area contributed by atoms with Crippen molar-refractivity contribution >= 4 is 27.0 Å². The molecule has 0 aliphatic carbocycles. The Bertz CT molecular complexity index is 655. The van der Waals surface area contributed by atoms with Crippen LogP contribution in [0.15, 0.2) is 22.0 Å². The molecule has 0 aliphatic rings. The predicted octanol–water partition coefficient (Wildman–Crippen LogP) is 2.27. The third kappa shape index (κ3) is 1.93. The molecule has 0 aromatic carbocycles. The topological polar surface area (TPSA) is 86.2 Å². The number of anilines is 1. The SMILES string of the molecule is CC(C)(c1onc(N)c1-c1cccs1)S(C)(=O)=O. The summed E-state index contributed by atoms with van der Waals surface area (Å²) in [7, 11) is -3.34. The molecule has 2 aromatic rings. The van der Waals surface area contributed by atoms with Crippen molar-refractivity contribution in [2.24, 2.45) is 0 Å². The molecule has 7 heteroatoms. The molecule has 0 spiro atoms. The number of nitrogen functional groups attached to an aromatic ring is 1. The van der Waals surface area contributed by atoms with Crippen molar-refractivity contribution in [3.05, 3.63) is 23.3 Å². The maximum absolute atomic E-state index is 11.9. The summed E-state index contributed by atoms with van der Waals surface area (Å²) in [6.07, 6.45) is 1.17. The number of hydrogen-bond acceptors (Lipinski definition) is 6. The van der Waals surface area contributed by atoms with Crippen LogP contribution in [-0.2, 0) is 14.6 Å². The quantitative estimate of drug-likeness (QED) is 0.935. The maximum Gasteiger partial charge on any atom is 0.175 e. The summed E-state index contributed by atoms with van der Waals surface area (Å²) in [5.74, 6) is 0.495. The maximum atomic E-state index is 11.9.